The highest BCUT2D eigenvalue weighted by atomic mass is 32.8. The van der Waals surface area contributed by atoms with Crippen LogP contribution >= 0.6 is 11.5 Å². The molecule has 0 spiro atoms. The van der Waals surface area contributed by atoms with Crippen molar-refractivity contribution in [2.45, 2.75) is 51.9 Å². The molecule has 0 N–H and O–H groups in total. The Labute approximate surface area is 100 Å². The van der Waals surface area contributed by atoms with E-state index in [2.05, 4.69) is 54.9 Å². The molecule has 0 aliphatic heterocycles. The van der Waals surface area contributed by atoms with Crippen molar-refractivity contribution in [1.82, 2.24) is 0 Å². The number of hydrogen-bond donors (Lipinski definition) is 0. The summed E-state index contributed by atoms with van der Waals surface area (Å²) in [5.74, 6) is 0. The van der Waals surface area contributed by atoms with Gasteiger partial charge in [0.05, 0.1) is 0 Å². The van der Waals surface area contributed by atoms with Gasteiger partial charge in [-0.15, -0.1) is 0 Å². The zero-order valence-corrected chi connectivity index (χ0v) is 14.1. The monoisotopic (exact) mass is 270 g/mol. The molecule has 0 heterocycles. The molecule has 86 valence electrons. The Balaban J connectivity index is 5.56. The van der Waals surface area contributed by atoms with Crippen LogP contribution in [0.15, 0.2) is 0 Å². The molecule has 0 aromatic rings. The number of rotatable bonds is 1. The zero-order valence-electron chi connectivity index (χ0n) is 10.7. The van der Waals surface area contributed by atoms with E-state index in [1.165, 1.54) is 0 Å². The summed E-state index contributed by atoms with van der Waals surface area (Å²) in [6.07, 6.45) is 0. The molecule has 0 fully saturated rings. The zero-order chi connectivity index (χ0) is 12.0. The predicted molar refractivity (Wildman–Crippen MR) is 79.9 cm³/mol. The summed E-state index contributed by atoms with van der Waals surface area (Å²) < 4.78 is 0. The Hall–Kier alpha value is 1.30. The van der Waals surface area contributed by atoms with Crippen molar-refractivity contribution in [3.8, 4) is 0 Å². The molecule has 0 aliphatic rings. The van der Waals surface area contributed by atoms with E-state index in [4.69, 9.17) is 23.6 Å². The van der Waals surface area contributed by atoms with Gasteiger partial charge in [-0.1, -0.05) is 65.2 Å². The van der Waals surface area contributed by atoms with Crippen molar-refractivity contribution in [3.05, 3.63) is 0 Å². The third-order valence-corrected chi connectivity index (χ3v) is 27.7. The fourth-order valence-electron chi connectivity index (χ4n) is 1.14. The van der Waals surface area contributed by atoms with E-state index in [9.17, 15) is 0 Å². The van der Waals surface area contributed by atoms with Crippen LogP contribution in [-0.2, 0) is 23.6 Å². The SMILES string of the molecule is CC(C)(C)P(C)(=S)P(C)(=S)C(C)(C)C. The molecule has 0 bridgehead atoms. The lowest BCUT2D eigenvalue weighted by Gasteiger charge is -2.46. The summed E-state index contributed by atoms with van der Waals surface area (Å²) >= 11 is 11.8. The van der Waals surface area contributed by atoms with Gasteiger partial charge >= 0.3 is 0 Å². The largest absolute Gasteiger partial charge is 0.0916 e. The summed E-state index contributed by atoms with van der Waals surface area (Å²) in [6, 6.07) is 0. The summed E-state index contributed by atoms with van der Waals surface area (Å²) in [6.45, 7) is 18.1. The fraction of sp³-hybridized carbons (Fsp3) is 1.00. The van der Waals surface area contributed by atoms with Crippen LogP contribution in [0.5, 0.6) is 0 Å². The van der Waals surface area contributed by atoms with E-state index >= 15 is 0 Å². The maximum absolute atomic E-state index is 5.92. The van der Waals surface area contributed by atoms with Gasteiger partial charge in [-0.2, -0.15) is 0 Å². The van der Waals surface area contributed by atoms with E-state index in [1.807, 2.05) is 0 Å². The first-order valence-corrected chi connectivity index (χ1v) is 12.1. The van der Waals surface area contributed by atoms with Crippen LogP contribution in [0.4, 0.5) is 0 Å². The summed E-state index contributed by atoms with van der Waals surface area (Å²) in [4.78, 5) is 0. The second-order valence-corrected chi connectivity index (χ2v) is 23.1. The first-order chi connectivity index (χ1) is 5.75. The van der Waals surface area contributed by atoms with Gasteiger partial charge in [0.2, 0.25) is 0 Å². The highest BCUT2D eigenvalue weighted by molar-refractivity contribution is 8.66. The lowest BCUT2D eigenvalue weighted by Crippen LogP contribution is -2.21. The minimum atomic E-state index is -1.44. The Bertz CT molecular complexity index is 273. The highest BCUT2D eigenvalue weighted by Crippen LogP contribution is 2.87. The molecule has 2 unspecified atom stereocenters. The van der Waals surface area contributed by atoms with E-state index in [0.29, 0.717) is 0 Å². The standard InChI is InChI=1S/C10H24P2S2/c1-9(2,3)11(7,13)12(8,14)10(4,5)6/h1-8H3. The van der Waals surface area contributed by atoms with Crippen LogP contribution in [0.1, 0.15) is 41.5 Å². The van der Waals surface area contributed by atoms with Gasteiger partial charge in [-0.05, 0) is 35.1 Å². The molecule has 4 heteroatoms. The van der Waals surface area contributed by atoms with Crippen LogP contribution in [-0.4, -0.2) is 23.6 Å². The van der Waals surface area contributed by atoms with Gasteiger partial charge in [0.25, 0.3) is 0 Å². The van der Waals surface area contributed by atoms with Gasteiger partial charge in [0, 0.05) is 0 Å². The molecule has 0 aliphatic carbocycles. The molecule has 0 aromatic carbocycles. The highest BCUT2D eigenvalue weighted by Gasteiger charge is 2.43. The second-order valence-electron chi connectivity index (χ2n) is 6.10. The molecule has 0 rings (SSSR count). The third-order valence-electron chi connectivity index (χ3n) is 3.22. The van der Waals surface area contributed by atoms with Crippen molar-refractivity contribution < 1.29 is 0 Å². The van der Waals surface area contributed by atoms with E-state index in [1.54, 1.807) is 0 Å². The van der Waals surface area contributed by atoms with Crippen molar-refractivity contribution in [2.75, 3.05) is 13.3 Å². The van der Waals surface area contributed by atoms with Gasteiger partial charge in [-0.25, -0.2) is 0 Å². The first kappa shape index (κ1) is 15.3. The lowest BCUT2D eigenvalue weighted by molar-refractivity contribution is 0.776. The van der Waals surface area contributed by atoms with E-state index < -0.39 is 11.5 Å². The van der Waals surface area contributed by atoms with Gasteiger partial charge in [0.1, 0.15) is 0 Å². The van der Waals surface area contributed by atoms with Crippen LogP contribution in [0.3, 0.4) is 0 Å². The first-order valence-electron chi connectivity index (χ1n) is 4.91. The van der Waals surface area contributed by atoms with Crippen molar-refractivity contribution >= 4 is 35.1 Å². The van der Waals surface area contributed by atoms with E-state index in [0.717, 1.165) is 0 Å². The summed E-state index contributed by atoms with van der Waals surface area (Å²) in [5.41, 5.74) is -2.88. The molecule has 2 atom stereocenters. The smallest absolute Gasteiger partial charge is 0.00487 e. The van der Waals surface area contributed by atoms with Crippen LogP contribution in [0, 0.1) is 0 Å². The third kappa shape index (κ3) is 2.51. The second kappa shape index (κ2) is 3.95. The van der Waals surface area contributed by atoms with Gasteiger partial charge in [0.15, 0.2) is 0 Å². The Morgan fingerprint density at radius 1 is 0.643 bits per heavy atom. The molecular weight excluding hydrogens is 246 g/mol. The van der Waals surface area contributed by atoms with Crippen molar-refractivity contribution in [1.29, 1.82) is 0 Å². The van der Waals surface area contributed by atoms with Crippen LogP contribution < -0.4 is 0 Å². The molecule has 0 saturated heterocycles. The van der Waals surface area contributed by atoms with Crippen molar-refractivity contribution in [3.63, 3.8) is 0 Å². The Morgan fingerprint density at radius 3 is 0.857 bits per heavy atom. The molecule has 0 aromatic heterocycles. The average molecular weight is 270 g/mol. The fourth-order valence-corrected chi connectivity index (χ4v) is 14.7. The Kier molecular flexibility index (Phi) is 4.32. The van der Waals surface area contributed by atoms with Crippen molar-refractivity contribution in [2.24, 2.45) is 0 Å². The number of hydrogen-bond acceptors (Lipinski definition) is 2. The molecule has 0 amide bonds. The predicted octanol–water partition coefficient (Wildman–Crippen LogP) is 4.72. The Morgan fingerprint density at radius 2 is 0.786 bits per heavy atom. The van der Waals surface area contributed by atoms with Crippen LogP contribution in [0.25, 0.3) is 0 Å². The van der Waals surface area contributed by atoms with E-state index in [-0.39, 0.29) is 10.3 Å². The minimum Gasteiger partial charge on any atom is -0.0916 e. The topological polar surface area (TPSA) is 0 Å². The molecule has 0 saturated carbocycles. The summed E-state index contributed by atoms with van der Waals surface area (Å²) in [7, 11) is 0. The van der Waals surface area contributed by atoms with Crippen LogP contribution in [0.2, 0.25) is 0 Å². The maximum Gasteiger partial charge on any atom is -0.00487 e. The lowest BCUT2D eigenvalue weighted by atomic mass is 10.3. The average Bonchev–Trinajstić information content (AvgIpc) is 1.81. The molecule has 14 heavy (non-hydrogen) atoms. The molecular formula is C10H24P2S2. The quantitative estimate of drug-likeness (QED) is 0.632. The maximum atomic E-state index is 5.92. The summed E-state index contributed by atoms with van der Waals surface area (Å²) in [5, 5.41) is 0.416. The minimum absolute atomic E-state index is 0.208. The molecule has 0 nitrogen and oxygen atoms in total. The van der Waals surface area contributed by atoms with Gasteiger partial charge < -0.3 is 0 Å². The normalized spacial score (nSPS) is 22.6. The molecule has 0 radical (unpaired) electrons. The van der Waals surface area contributed by atoms with Gasteiger partial charge in [-0.3, -0.25) is 0 Å².